The van der Waals surface area contributed by atoms with E-state index in [4.69, 9.17) is 23.8 Å². The molecule has 0 aromatic heterocycles. The lowest BCUT2D eigenvalue weighted by Gasteiger charge is -2.10. The summed E-state index contributed by atoms with van der Waals surface area (Å²) >= 11 is 13.1. The summed E-state index contributed by atoms with van der Waals surface area (Å²) in [5.41, 5.74) is 3.56. The van der Waals surface area contributed by atoms with Gasteiger partial charge < -0.3 is 10.6 Å². The van der Waals surface area contributed by atoms with E-state index >= 15 is 0 Å². The highest BCUT2D eigenvalue weighted by atomic mass is 35.5. The highest BCUT2D eigenvalue weighted by molar-refractivity contribution is 7.98. The second-order valence-corrected chi connectivity index (χ2v) is 6.88. The predicted molar refractivity (Wildman–Crippen MR) is 103 cm³/mol. The molecule has 2 aromatic carbocycles. The maximum Gasteiger partial charge on any atom is 0.170 e. The van der Waals surface area contributed by atoms with Gasteiger partial charge in [0.05, 0.1) is 0 Å². The molecule has 2 rings (SSSR count). The Hall–Kier alpha value is -1.23. The van der Waals surface area contributed by atoms with Crippen molar-refractivity contribution in [3.63, 3.8) is 0 Å². The van der Waals surface area contributed by atoms with Gasteiger partial charge in [-0.3, -0.25) is 0 Å². The van der Waals surface area contributed by atoms with Crippen molar-refractivity contribution in [1.82, 2.24) is 5.32 Å². The van der Waals surface area contributed by atoms with Gasteiger partial charge in [-0.15, -0.1) is 0 Å². The molecule has 0 aliphatic rings. The van der Waals surface area contributed by atoms with Gasteiger partial charge in [0.1, 0.15) is 0 Å². The number of benzene rings is 2. The van der Waals surface area contributed by atoms with Crippen LogP contribution < -0.4 is 10.6 Å². The summed E-state index contributed by atoms with van der Waals surface area (Å²) < 4.78 is 0. The fourth-order valence-electron chi connectivity index (χ4n) is 1.85. The Morgan fingerprint density at radius 2 is 1.95 bits per heavy atom. The lowest BCUT2D eigenvalue weighted by Crippen LogP contribution is -2.30. The van der Waals surface area contributed by atoms with Gasteiger partial charge in [-0.25, -0.2) is 0 Å². The molecule has 0 bridgehead atoms. The van der Waals surface area contributed by atoms with Crippen LogP contribution in [0.3, 0.4) is 0 Å². The number of anilines is 1. The van der Waals surface area contributed by atoms with E-state index in [1.807, 2.05) is 36.0 Å². The van der Waals surface area contributed by atoms with Crippen molar-refractivity contribution >= 4 is 46.4 Å². The van der Waals surface area contributed by atoms with Crippen molar-refractivity contribution in [2.45, 2.75) is 12.7 Å². The molecule has 2 aromatic rings. The molecule has 22 heavy (non-hydrogen) atoms. The molecule has 0 heterocycles. The van der Waals surface area contributed by atoms with Crippen molar-refractivity contribution in [3.05, 3.63) is 64.7 Å². The predicted octanol–water partition coefficient (Wildman–Crippen LogP) is 4.87. The number of hydrogen-bond donors (Lipinski definition) is 2. The highest BCUT2D eigenvalue weighted by Gasteiger charge is 1.98. The van der Waals surface area contributed by atoms with Gasteiger partial charge in [-0.2, -0.15) is 11.8 Å². The smallest absolute Gasteiger partial charge is 0.170 e. The monoisotopic (exact) mass is 350 g/mol. The lowest BCUT2D eigenvalue weighted by atomic mass is 10.2. The van der Waals surface area contributed by atoms with Gasteiger partial charge in [0, 0.05) is 28.8 Å². The Bertz CT molecular complexity index is 614. The molecule has 0 fully saturated rings. The molecule has 0 spiro atoms. The van der Waals surface area contributed by atoms with Crippen LogP contribution in [-0.4, -0.2) is 17.4 Å². The first-order valence-corrected chi connectivity index (χ1v) is 9.01. The van der Waals surface area contributed by atoms with Crippen molar-refractivity contribution < 1.29 is 0 Å². The van der Waals surface area contributed by atoms with E-state index in [1.165, 1.54) is 11.1 Å². The first-order valence-electron chi connectivity index (χ1n) is 7.07. The van der Waals surface area contributed by atoms with E-state index in [2.05, 4.69) is 41.8 Å². The molecule has 0 saturated heterocycles. The van der Waals surface area contributed by atoms with E-state index in [9.17, 15) is 0 Å². The Morgan fingerprint density at radius 1 is 1.18 bits per heavy atom. The van der Waals surface area contributed by atoms with E-state index < -0.39 is 0 Å². The summed E-state index contributed by atoms with van der Waals surface area (Å²) in [5, 5.41) is 7.65. The maximum atomic E-state index is 5.93. The molecule has 5 heteroatoms. The largest absolute Gasteiger partial charge is 0.362 e. The van der Waals surface area contributed by atoms with Crippen molar-refractivity contribution in [1.29, 1.82) is 0 Å². The Labute approximate surface area is 146 Å². The number of halogens is 1. The first kappa shape index (κ1) is 17.1. The van der Waals surface area contributed by atoms with Crippen LogP contribution in [0.5, 0.6) is 0 Å². The topological polar surface area (TPSA) is 24.1 Å². The average molecular weight is 351 g/mol. The van der Waals surface area contributed by atoms with Crippen LogP contribution >= 0.6 is 35.6 Å². The van der Waals surface area contributed by atoms with Crippen LogP contribution in [-0.2, 0) is 5.75 Å². The molecule has 0 atom stereocenters. The molecule has 0 radical (unpaired) electrons. The highest BCUT2D eigenvalue weighted by Crippen LogP contribution is 2.15. The standard InChI is InChI=1S/C17H19ClN2S2/c1-13-5-7-14(8-6-13)12-22-10-9-19-17(21)20-16-4-2-3-15(18)11-16/h2-8,11H,9-10,12H2,1H3,(H2,19,20,21). The number of rotatable bonds is 6. The lowest BCUT2D eigenvalue weighted by molar-refractivity contribution is 0.990. The second kappa shape index (κ2) is 9.03. The fourth-order valence-corrected chi connectivity index (χ4v) is 3.08. The maximum absolute atomic E-state index is 5.93. The van der Waals surface area contributed by atoms with Gasteiger partial charge >= 0.3 is 0 Å². The van der Waals surface area contributed by atoms with Gasteiger partial charge in [-0.1, -0.05) is 47.5 Å². The third-order valence-corrected chi connectivity index (χ3v) is 4.52. The fraction of sp³-hybridized carbons (Fsp3) is 0.235. The minimum atomic E-state index is 0.623. The van der Waals surface area contributed by atoms with Crippen LogP contribution in [0.25, 0.3) is 0 Å². The SMILES string of the molecule is Cc1ccc(CSCCNC(=S)Nc2cccc(Cl)c2)cc1. The first-order chi connectivity index (χ1) is 10.6. The van der Waals surface area contributed by atoms with Crippen LogP contribution in [0.2, 0.25) is 5.02 Å². The number of thioether (sulfide) groups is 1. The van der Waals surface area contributed by atoms with Crippen molar-refractivity contribution in [2.75, 3.05) is 17.6 Å². The zero-order valence-corrected chi connectivity index (χ0v) is 14.8. The van der Waals surface area contributed by atoms with Gasteiger partial charge in [0.25, 0.3) is 0 Å². The molecule has 0 amide bonds. The number of nitrogens with one attached hydrogen (secondary N) is 2. The molecule has 0 aliphatic carbocycles. The van der Waals surface area contributed by atoms with E-state index in [-0.39, 0.29) is 0 Å². The Balaban J connectivity index is 1.62. The summed E-state index contributed by atoms with van der Waals surface area (Å²) in [7, 11) is 0. The summed E-state index contributed by atoms with van der Waals surface area (Å²) in [6.45, 7) is 2.94. The molecule has 116 valence electrons. The van der Waals surface area contributed by atoms with E-state index in [1.54, 1.807) is 0 Å². The van der Waals surface area contributed by atoms with Crippen LogP contribution in [0, 0.1) is 6.92 Å². The van der Waals surface area contributed by atoms with Crippen LogP contribution in [0.4, 0.5) is 5.69 Å². The Kier molecular flexibility index (Phi) is 7.03. The summed E-state index contributed by atoms with van der Waals surface area (Å²) in [6.07, 6.45) is 0. The van der Waals surface area contributed by atoms with Crippen molar-refractivity contribution in [3.8, 4) is 0 Å². The minimum absolute atomic E-state index is 0.623. The quantitative estimate of drug-likeness (QED) is 0.573. The molecule has 0 unspecified atom stereocenters. The van der Waals surface area contributed by atoms with E-state index in [0.717, 1.165) is 23.7 Å². The third-order valence-electron chi connectivity index (χ3n) is 3.00. The molecule has 2 nitrogen and oxygen atoms in total. The summed E-state index contributed by atoms with van der Waals surface area (Å²) in [5.74, 6) is 2.03. The van der Waals surface area contributed by atoms with E-state index in [0.29, 0.717) is 10.1 Å². The molecule has 0 saturated carbocycles. The van der Waals surface area contributed by atoms with Crippen LogP contribution in [0.1, 0.15) is 11.1 Å². The zero-order chi connectivity index (χ0) is 15.8. The Morgan fingerprint density at radius 3 is 2.68 bits per heavy atom. The zero-order valence-electron chi connectivity index (χ0n) is 12.4. The molecule has 2 N–H and O–H groups in total. The van der Waals surface area contributed by atoms with Gasteiger partial charge in [-0.05, 0) is 42.9 Å². The third kappa shape index (κ3) is 6.26. The number of thiocarbonyl (C=S) groups is 1. The molecular formula is C17H19ClN2S2. The second-order valence-electron chi connectivity index (χ2n) is 4.93. The summed E-state index contributed by atoms with van der Waals surface area (Å²) in [4.78, 5) is 0. The van der Waals surface area contributed by atoms with Crippen LogP contribution in [0.15, 0.2) is 48.5 Å². The van der Waals surface area contributed by atoms with Crippen molar-refractivity contribution in [2.24, 2.45) is 0 Å². The number of aryl methyl sites for hydroxylation is 1. The summed E-state index contributed by atoms with van der Waals surface area (Å²) in [6, 6.07) is 16.2. The molecule has 0 aliphatic heterocycles. The normalized spacial score (nSPS) is 10.3. The number of hydrogen-bond acceptors (Lipinski definition) is 2. The average Bonchev–Trinajstić information content (AvgIpc) is 2.49. The van der Waals surface area contributed by atoms with Gasteiger partial charge in [0.15, 0.2) is 5.11 Å². The van der Waals surface area contributed by atoms with Gasteiger partial charge in [0.2, 0.25) is 0 Å². The molecular weight excluding hydrogens is 332 g/mol. The minimum Gasteiger partial charge on any atom is -0.362 e.